The largest absolute Gasteiger partial charge is 0.858 e. The molecule has 4 heterocycles. The minimum absolute atomic E-state index is 0.226. The van der Waals surface area contributed by atoms with Crippen LogP contribution in [0, 0.1) is 0 Å². The molecule has 30 heavy (non-hydrogen) atoms. The number of imidazole rings is 2. The third kappa shape index (κ3) is 3.99. The first-order valence-electron chi connectivity index (χ1n) is 8.82. The Kier molecular flexibility index (Phi) is 6.86. The van der Waals surface area contributed by atoms with Gasteiger partial charge in [0.2, 0.25) is 0 Å². The molecule has 0 saturated heterocycles. The highest BCUT2D eigenvalue weighted by Crippen LogP contribution is 2.21. The molecule has 0 saturated carbocycles. The molecule has 0 atom stereocenters. The molecule has 0 aromatic carbocycles. The van der Waals surface area contributed by atoms with Gasteiger partial charge in [-0.2, -0.15) is 0 Å². The normalized spacial score (nSPS) is 10.5. The Hall–Kier alpha value is -3.78. The third-order valence-electron chi connectivity index (χ3n) is 4.20. The summed E-state index contributed by atoms with van der Waals surface area (Å²) in [6, 6.07) is 0. The summed E-state index contributed by atoms with van der Waals surface area (Å²) in [5.74, 6) is -0.160. The number of hydrogen-bond acceptors (Lipinski definition) is 8. The highest BCUT2D eigenvalue weighted by molar-refractivity contribution is 5.57. The Bertz CT molecular complexity index is 1090. The smallest absolute Gasteiger partial charge is 0.328 e. The van der Waals surface area contributed by atoms with Gasteiger partial charge in [-0.05, 0) is 11.8 Å². The van der Waals surface area contributed by atoms with Crippen LogP contribution in [0.5, 0.6) is 11.8 Å². The van der Waals surface area contributed by atoms with Crippen LogP contribution in [0.15, 0.2) is 22.2 Å². The van der Waals surface area contributed by atoms with Gasteiger partial charge in [0.05, 0.1) is 0 Å². The van der Waals surface area contributed by atoms with Crippen LogP contribution in [0.4, 0.5) is 0 Å². The molecule has 0 aliphatic carbocycles. The van der Waals surface area contributed by atoms with Crippen molar-refractivity contribution in [2.24, 2.45) is 28.2 Å². The average molecular weight is 420 g/mol. The zero-order chi connectivity index (χ0) is 22.6. The number of fused-ring (bicyclic) bond motifs is 2. The van der Waals surface area contributed by atoms with Crippen molar-refractivity contribution in [1.82, 2.24) is 38.2 Å². The molecule has 6 N–H and O–H groups in total. The summed E-state index contributed by atoms with van der Waals surface area (Å²) in [5, 5.41) is 22.8. The summed E-state index contributed by atoms with van der Waals surface area (Å²) >= 11 is 0. The Morgan fingerprint density at radius 2 is 1.03 bits per heavy atom. The molecule has 0 fully saturated rings. The van der Waals surface area contributed by atoms with Crippen LogP contribution in [-0.4, -0.2) is 51.3 Å². The highest BCUT2D eigenvalue weighted by atomic mass is 16.3. The molecular weight excluding hydrogens is 396 g/mol. The zero-order valence-electron chi connectivity index (χ0n) is 17.2. The van der Waals surface area contributed by atoms with Gasteiger partial charge in [-0.3, -0.25) is 9.13 Å². The third-order valence-corrected chi connectivity index (χ3v) is 4.20. The minimum atomic E-state index is -0.407. The molecule has 0 aromatic heterocycles. The first-order valence-corrected chi connectivity index (χ1v) is 8.82. The van der Waals surface area contributed by atoms with E-state index >= 15 is 0 Å². The van der Waals surface area contributed by atoms with E-state index in [4.69, 9.17) is 0 Å². The lowest BCUT2D eigenvalue weighted by Crippen LogP contribution is -2.64. The van der Waals surface area contributed by atoms with E-state index in [1.165, 1.54) is 35.9 Å². The Balaban J connectivity index is 0.000000182. The van der Waals surface area contributed by atoms with Crippen molar-refractivity contribution in [3.05, 3.63) is 33.6 Å². The fourth-order valence-electron chi connectivity index (χ4n) is 2.44. The molecule has 4 rings (SSSR count). The maximum Gasteiger partial charge on any atom is 0.328 e. The van der Waals surface area contributed by atoms with Crippen LogP contribution >= 0.6 is 0 Å². The summed E-state index contributed by atoms with van der Waals surface area (Å²) in [6.45, 7) is 1.92. The van der Waals surface area contributed by atoms with Crippen molar-refractivity contribution in [2.45, 2.75) is 0 Å². The van der Waals surface area contributed by atoms with Crippen LogP contribution in [0.3, 0.4) is 0 Å². The highest BCUT2D eigenvalue weighted by Gasteiger charge is 2.14. The van der Waals surface area contributed by atoms with Gasteiger partial charge in [0.15, 0.2) is 11.6 Å². The molecule has 14 heteroatoms. The fourth-order valence-corrected chi connectivity index (χ4v) is 2.44. The molecule has 4 aliphatic rings. The maximum absolute atomic E-state index is 11.4. The predicted molar refractivity (Wildman–Crippen MR) is 100 cm³/mol. The lowest BCUT2D eigenvalue weighted by atomic mass is 10.4. The molecular formula is C16H24N10O4. The van der Waals surface area contributed by atoms with Gasteiger partial charge < -0.3 is 30.8 Å². The monoisotopic (exact) mass is 420 g/mol. The van der Waals surface area contributed by atoms with Gasteiger partial charge >= 0.3 is 11.4 Å². The average Bonchev–Trinajstić information content (AvgIpc) is 3.44. The SMILES string of the molecule is Cn1c2ncnc-2c([O-])n(C)c1=O.Cn1c2ncnc-2c([O-])n(C)c1=O.[NH3+]CC[NH3+]. The molecule has 0 aromatic rings. The molecule has 0 spiro atoms. The molecule has 0 radical (unpaired) electrons. The Morgan fingerprint density at radius 1 is 0.700 bits per heavy atom. The van der Waals surface area contributed by atoms with E-state index in [9.17, 15) is 19.8 Å². The van der Waals surface area contributed by atoms with Crippen LogP contribution in [-0.2, 0) is 28.2 Å². The van der Waals surface area contributed by atoms with E-state index in [-0.39, 0.29) is 11.4 Å². The maximum atomic E-state index is 11.4. The number of nitrogens with zero attached hydrogens (tertiary/aromatic N) is 8. The van der Waals surface area contributed by atoms with E-state index in [1.54, 1.807) is 14.1 Å². The Labute approximate surface area is 170 Å². The molecule has 14 nitrogen and oxygen atoms in total. The van der Waals surface area contributed by atoms with E-state index in [0.717, 1.165) is 22.2 Å². The van der Waals surface area contributed by atoms with Crippen molar-refractivity contribution in [3.63, 3.8) is 0 Å². The van der Waals surface area contributed by atoms with Gasteiger partial charge in [0, 0.05) is 28.2 Å². The summed E-state index contributed by atoms with van der Waals surface area (Å²) in [5.41, 5.74) is 6.75. The topological polar surface area (TPSA) is 207 Å². The van der Waals surface area contributed by atoms with E-state index in [2.05, 4.69) is 31.4 Å². The second kappa shape index (κ2) is 9.15. The van der Waals surface area contributed by atoms with Gasteiger partial charge in [-0.25, -0.2) is 29.5 Å². The first kappa shape index (κ1) is 22.5. The molecule has 162 valence electrons. The van der Waals surface area contributed by atoms with Crippen molar-refractivity contribution in [2.75, 3.05) is 13.1 Å². The number of hydrogen-bond donors (Lipinski definition) is 2. The second-order valence-electron chi connectivity index (χ2n) is 6.21. The van der Waals surface area contributed by atoms with Crippen molar-refractivity contribution in [3.8, 4) is 34.8 Å². The van der Waals surface area contributed by atoms with E-state index in [0.29, 0.717) is 11.6 Å². The Morgan fingerprint density at radius 3 is 1.33 bits per heavy atom. The van der Waals surface area contributed by atoms with Gasteiger partial charge in [-0.15, -0.1) is 0 Å². The first-order chi connectivity index (χ1) is 14.2. The summed E-state index contributed by atoms with van der Waals surface area (Å²) in [6.07, 6.45) is 2.54. The summed E-state index contributed by atoms with van der Waals surface area (Å²) < 4.78 is 4.61. The van der Waals surface area contributed by atoms with E-state index < -0.39 is 23.1 Å². The van der Waals surface area contributed by atoms with E-state index in [1.807, 2.05) is 0 Å². The number of aromatic nitrogens is 8. The van der Waals surface area contributed by atoms with Crippen molar-refractivity contribution < 1.29 is 21.7 Å². The molecule has 0 unspecified atom stereocenters. The molecule has 4 aliphatic heterocycles. The van der Waals surface area contributed by atoms with Gasteiger partial charge in [0.25, 0.3) is 0 Å². The lowest BCUT2D eigenvalue weighted by molar-refractivity contribution is -0.453. The predicted octanol–water partition coefficient (Wildman–Crippen LogP) is -5.15. The molecule has 0 bridgehead atoms. The number of rotatable bonds is 1. The zero-order valence-corrected chi connectivity index (χ0v) is 17.2. The van der Waals surface area contributed by atoms with Crippen LogP contribution in [0.25, 0.3) is 23.0 Å². The minimum Gasteiger partial charge on any atom is -0.858 e. The fraction of sp³-hybridized carbons (Fsp3) is 0.375. The molecule has 0 amide bonds. The quantitative estimate of drug-likeness (QED) is 0.303. The van der Waals surface area contributed by atoms with Crippen molar-refractivity contribution in [1.29, 1.82) is 0 Å². The van der Waals surface area contributed by atoms with Crippen molar-refractivity contribution >= 4 is 0 Å². The van der Waals surface area contributed by atoms with Crippen LogP contribution in [0.2, 0.25) is 0 Å². The van der Waals surface area contributed by atoms with Crippen LogP contribution in [0.1, 0.15) is 0 Å². The second-order valence-corrected chi connectivity index (χ2v) is 6.21. The number of quaternary nitrogens is 2. The van der Waals surface area contributed by atoms with Gasteiger partial charge in [0.1, 0.15) is 37.1 Å². The lowest BCUT2D eigenvalue weighted by Gasteiger charge is -2.17. The standard InChI is InChI=1S/2C7H8N4O2.C2H8N2/c2*1-10-5-4(8-3-9-5)6(12)11(2)7(10)13;3-1-2-4/h2*3,12H,1-2H3;1-4H2. The van der Waals surface area contributed by atoms with Crippen LogP contribution < -0.4 is 33.1 Å². The summed E-state index contributed by atoms with van der Waals surface area (Å²) in [4.78, 5) is 37.9. The van der Waals surface area contributed by atoms with Gasteiger partial charge in [-0.1, -0.05) is 0 Å². The summed E-state index contributed by atoms with van der Waals surface area (Å²) in [7, 11) is 5.94.